The van der Waals surface area contributed by atoms with E-state index in [2.05, 4.69) is 26.6 Å². The van der Waals surface area contributed by atoms with Crippen LogP contribution in [-0.2, 0) is 0 Å². The third-order valence-corrected chi connectivity index (χ3v) is 4.49. The smallest absolute Gasteiger partial charge is 0.256 e. The van der Waals surface area contributed by atoms with Gasteiger partial charge in [-0.15, -0.1) is 0 Å². The Morgan fingerprint density at radius 2 is 1.46 bits per heavy atom. The molecule has 3 rings (SSSR count). The van der Waals surface area contributed by atoms with Crippen LogP contribution in [0.2, 0.25) is 0 Å². The van der Waals surface area contributed by atoms with Gasteiger partial charge in [0.25, 0.3) is 11.8 Å². The van der Waals surface area contributed by atoms with Gasteiger partial charge < -0.3 is 10.6 Å². The van der Waals surface area contributed by atoms with Crippen LogP contribution in [0.4, 0.5) is 11.4 Å². The number of hydrogen-bond acceptors (Lipinski definition) is 2. The fraction of sp³-hybridized carbons (Fsp3) is 0.0476. The zero-order chi connectivity index (χ0) is 18.5. The van der Waals surface area contributed by atoms with E-state index in [0.717, 1.165) is 15.7 Å². The van der Waals surface area contributed by atoms with Crippen LogP contribution >= 0.6 is 15.9 Å². The first kappa shape index (κ1) is 17.9. The molecule has 0 unspecified atom stereocenters. The number of aryl methyl sites for hydroxylation is 1. The first-order valence-electron chi connectivity index (χ1n) is 8.07. The Kier molecular flexibility index (Phi) is 5.49. The second-order valence-corrected chi connectivity index (χ2v) is 6.69. The summed E-state index contributed by atoms with van der Waals surface area (Å²) in [5.74, 6) is -0.409. The van der Waals surface area contributed by atoms with E-state index in [1.54, 1.807) is 36.4 Å². The van der Waals surface area contributed by atoms with E-state index >= 15 is 0 Å². The molecule has 2 amide bonds. The van der Waals surface area contributed by atoms with Crippen molar-refractivity contribution in [3.05, 3.63) is 94.0 Å². The van der Waals surface area contributed by atoms with Crippen molar-refractivity contribution in [2.75, 3.05) is 10.6 Å². The highest BCUT2D eigenvalue weighted by Crippen LogP contribution is 2.19. The van der Waals surface area contributed by atoms with E-state index < -0.39 is 0 Å². The van der Waals surface area contributed by atoms with Crippen LogP contribution in [0.1, 0.15) is 26.3 Å². The molecule has 0 saturated carbocycles. The van der Waals surface area contributed by atoms with Crippen LogP contribution in [0.3, 0.4) is 0 Å². The Hall–Kier alpha value is -2.92. The van der Waals surface area contributed by atoms with E-state index in [0.29, 0.717) is 16.8 Å². The van der Waals surface area contributed by atoms with Crippen molar-refractivity contribution in [3.8, 4) is 0 Å². The highest BCUT2D eigenvalue weighted by atomic mass is 79.9. The molecule has 0 aliphatic heterocycles. The zero-order valence-electron chi connectivity index (χ0n) is 14.1. The van der Waals surface area contributed by atoms with Crippen molar-refractivity contribution in [1.82, 2.24) is 0 Å². The standard InChI is InChI=1S/C21H17BrN2O2/c1-14-5-4-6-17(13-14)24-20(25)15-9-11-16(12-10-15)23-21(26)18-7-2-3-8-19(18)22/h2-13H,1H3,(H,23,26)(H,24,25). The lowest BCUT2D eigenvalue weighted by atomic mass is 10.1. The highest BCUT2D eigenvalue weighted by molar-refractivity contribution is 9.10. The van der Waals surface area contributed by atoms with E-state index in [4.69, 9.17) is 0 Å². The number of nitrogens with one attached hydrogen (secondary N) is 2. The topological polar surface area (TPSA) is 58.2 Å². The van der Waals surface area contributed by atoms with Gasteiger partial charge in [0.05, 0.1) is 5.56 Å². The van der Waals surface area contributed by atoms with Crippen molar-refractivity contribution in [2.24, 2.45) is 0 Å². The molecule has 0 saturated heterocycles. The minimum absolute atomic E-state index is 0.195. The number of halogens is 1. The largest absolute Gasteiger partial charge is 0.322 e. The lowest BCUT2D eigenvalue weighted by Crippen LogP contribution is -2.14. The normalized spacial score (nSPS) is 10.2. The molecule has 0 bridgehead atoms. The number of benzene rings is 3. The van der Waals surface area contributed by atoms with Crippen LogP contribution in [0, 0.1) is 6.92 Å². The molecule has 3 aromatic carbocycles. The summed E-state index contributed by atoms with van der Waals surface area (Å²) in [5.41, 5.74) is 3.52. The van der Waals surface area contributed by atoms with Gasteiger partial charge in [0.15, 0.2) is 0 Å². The van der Waals surface area contributed by atoms with Crippen molar-refractivity contribution in [3.63, 3.8) is 0 Å². The monoisotopic (exact) mass is 408 g/mol. The third-order valence-electron chi connectivity index (χ3n) is 3.80. The summed E-state index contributed by atoms with van der Waals surface area (Å²) in [6.07, 6.45) is 0. The summed E-state index contributed by atoms with van der Waals surface area (Å²) < 4.78 is 0.728. The fourth-order valence-corrected chi connectivity index (χ4v) is 2.94. The molecular formula is C21H17BrN2O2. The maximum Gasteiger partial charge on any atom is 0.256 e. The molecule has 3 aromatic rings. The first-order chi connectivity index (χ1) is 12.5. The SMILES string of the molecule is Cc1cccc(NC(=O)c2ccc(NC(=O)c3ccccc3Br)cc2)c1. The number of amides is 2. The zero-order valence-corrected chi connectivity index (χ0v) is 15.7. The Bertz CT molecular complexity index is 952. The van der Waals surface area contributed by atoms with Gasteiger partial charge in [-0.05, 0) is 76.9 Å². The summed E-state index contributed by atoms with van der Waals surface area (Å²) in [4.78, 5) is 24.6. The molecule has 0 aromatic heterocycles. The molecule has 5 heteroatoms. The predicted octanol–water partition coefficient (Wildman–Crippen LogP) is 5.26. The van der Waals surface area contributed by atoms with Gasteiger partial charge >= 0.3 is 0 Å². The molecule has 0 aliphatic rings. The minimum Gasteiger partial charge on any atom is -0.322 e. The molecule has 130 valence electrons. The first-order valence-corrected chi connectivity index (χ1v) is 8.86. The summed E-state index contributed by atoms with van der Waals surface area (Å²) in [6.45, 7) is 1.97. The lowest BCUT2D eigenvalue weighted by Gasteiger charge is -2.09. The molecule has 4 nitrogen and oxygen atoms in total. The van der Waals surface area contributed by atoms with Gasteiger partial charge in [-0.1, -0.05) is 24.3 Å². The molecule has 0 radical (unpaired) electrons. The fourth-order valence-electron chi connectivity index (χ4n) is 2.47. The van der Waals surface area contributed by atoms with Crippen LogP contribution < -0.4 is 10.6 Å². The molecule has 0 atom stereocenters. The maximum atomic E-state index is 12.3. The lowest BCUT2D eigenvalue weighted by molar-refractivity contribution is 0.101. The molecule has 0 spiro atoms. The van der Waals surface area contributed by atoms with E-state index in [1.807, 2.05) is 43.3 Å². The number of anilines is 2. The van der Waals surface area contributed by atoms with Gasteiger partial charge in [-0.2, -0.15) is 0 Å². The van der Waals surface area contributed by atoms with Gasteiger partial charge in [0, 0.05) is 21.4 Å². The van der Waals surface area contributed by atoms with Crippen LogP contribution in [0.15, 0.2) is 77.3 Å². The molecule has 0 heterocycles. The Morgan fingerprint density at radius 1 is 0.769 bits per heavy atom. The van der Waals surface area contributed by atoms with Crippen molar-refractivity contribution in [1.29, 1.82) is 0 Å². The summed E-state index contributed by atoms with van der Waals surface area (Å²) in [5, 5.41) is 5.68. The summed E-state index contributed by atoms with van der Waals surface area (Å²) >= 11 is 3.36. The molecule has 0 fully saturated rings. The molecular weight excluding hydrogens is 392 g/mol. The highest BCUT2D eigenvalue weighted by Gasteiger charge is 2.10. The number of rotatable bonds is 4. The van der Waals surface area contributed by atoms with Gasteiger partial charge in [0.1, 0.15) is 0 Å². The Balaban J connectivity index is 1.67. The molecule has 0 aliphatic carbocycles. The number of hydrogen-bond donors (Lipinski definition) is 2. The second kappa shape index (κ2) is 7.97. The van der Waals surface area contributed by atoms with Crippen LogP contribution in [-0.4, -0.2) is 11.8 Å². The van der Waals surface area contributed by atoms with Crippen molar-refractivity contribution >= 4 is 39.1 Å². The van der Waals surface area contributed by atoms with E-state index in [1.165, 1.54) is 0 Å². The average Bonchev–Trinajstić information content (AvgIpc) is 2.62. The average molecular weight is 409 g/mol. The second-order valence-electron chi connectivity index (χ2n) is 5.83. The van der Waals surface area contributed by atoms with E-state index in [-0.39, 0.29) is 11.8 Å². The van der Waals surface area contributed by atoms with Gasteiger partial charge in [0.2, 0.25) is 0 Å². The van der Waals surface area contributed by atoms with Crippen LogP contribution in [0.25, 0.3) is 0 Å². The molecule has 2 N–H and O–H groups in total. The number of carbonyl (C=O) groups is 2. The summed E-state index contributed by atoms with van der Waals surface area (Å²) in [6, 6.07) is 21.6. The predicted molar refractivity (Wildman–Crippen MR) is 108 cm³/mol. The van der Waals surface area contributed by atoms with Gasteiger partial charge in [-0.25, -0.2) is 0 Å². The van der Waals surface area contributed by atoms with Crippen molar-refractivity contribution < 1.29 is 9.59 Å². The quantitative estimate of drug-likeness (QED) is 0.618. The molecule has 26 heavy (non-hydrogen) atoms. The summed E-state index contributed by atoms with van der Waals surface area (Å²) in [7, 11) is 0. The van der Waals surface area contributed by atoms with Gasteiger partial charge in [-0.3, -0.25) is 9.59 Å². The number of carbonyl (C=O) groups excluding carboxylic acids is 2. The Morgan fingerprint density at radius 3 is 2.15 bits per heavy atom. The maximum absolute atomic E-state index is 12.3. The minimum atomic E-state index is -0.213. The van der Waals surface area contributed by atoms with E-state index in [9.17, 15) is 9.59 Å². The third kappa shape index (κ3) is 4.37. The Labute approximate surface area is 160 Å². The van der Waals surface area contributed by atoms with Crippen LogP contribution in [0.5, 0.6) is 0 Å². The van der Waals surface area contributed by atoms with Crippen molar-refractivity contribution in [2.45, 2.75) is 6.92 Å².